The Bertz CT molecular complexity index is 457. The lowest BCUT2D eigenvalue weighted by atomic mass is 9.44. The monoisotopic (exact) mass is 302 g/mol. The summed E-state index contributed by atoms with van der Waals surface area (Å²) in [5, 5.41) is 10.1. The third-order valence-electron chi connectivity index (χ3n) is 9.00. The van der Waals surface area contributed by atoms with Gasteiger partial charge in [0.1, 0.15) is 0 Å². The zero-order valence-electron chi connectivity index (χ0n) is 14.6. The van der Waals surface area contributed by atoms with Crippen molar-refractivity contribution in [3.63, 3.8) is 0 Å². The smallest absolute Gasteiger partial charge is 0.0543 e. The molecule has 0 saturated heterocycles. The van der Waals surface area contributed by atoms with Gasteiger partial charge in [-0.2, -0.15) is 0 Å². The van der Waals surface area contributed by atoms with Gasteiger partial charge in [-0.3, -0.25) is 0 Å². The minimum atomic E-state index is -0.0138. The molecule has 4 aliphatic rings. The molecule has 1 nitrogen and oxygen atoms in total. The summed E-state index contributed by atoms with van der Waals surface area (Å²) in [4.78, 5) is 0. The average Bonchev–Trinajstić information content (AvgIpc) is 2.84. The van der Waals surface area contributed by atoms with E-state index in [0.717, 1.165) is 42.4 Å². The SMILES string of the molecule is C=C[C@H]1CCC2C3CC[C@H]4C[C@@H](O)CC[C@]4(C)C3CC[C@@]21C. The fourth-order valence-corrected chi connectivity index (χ4v) is 7.66. The maximum atomic E-state index is 10.1. The number of fused-ring (bicyclic) bond motifs is 5. The number of aliphatic hydroxyl groups is 1. The van der Waals surface area contributed by atoms with E-state index in [-0.39, 0.29) is 6.10 Å². The molecule has 8 atom stereocenters. The number of aliphatic hydroxyl groups excluding tert-OH is 1. The summed E-state index contributed by atoms with van der Waals surface area (Å²) in [6.07, 6.45) is 14.1. The maximum absolute atomic E-state index is 10.1. The topological polar surface area (TPSA) is 20.2 Å². The van der Waals surface area contributed by atoms with E-state index >= 15 is 0 Å². The van der Waals surface area contributed by atoms with Gasteiger partial charge in [-0.1, -0.05) is 19.9 Å². The van der Waals surface area contributed by atoms with Crippen LogP contribution >= 0.6 is 0 Å². The minimum Gasteiger partial charge on any atom is -0.393 e. The van der Waals surface area contributed by atoms with Gasteiger partial charge >= 0.3 is 0 Å². The molecular formula is C21H34O. The van der Waals surface area contributed by atoms with Gasteiger partial charge < -0.3 is 5.11 Å². The van der Waals surface area contributed by atoms with E-state index < -0.39 is 0 Å². The lowest BCUT2D eigenvalue weighted by molar-refractivity contribution is -0.124. The van der Waals surface area contributed by atoms with E-state index in [1.165, 1.54) is 44.9 Å². The molecule has 0 amide bonds. The molecule has 4 saturated carbocycles. The van der Waals surface area contributed by atoms with Crippen LogP contribution in [0, 0.1) is 40.4 Å². The summed E-state index contributed by atoms with van der Waals surface area (Å²) in [6, 6.07) is 0. The lowest BCUT2D eigenvalue weighted by Crippen LogP contribution is -2.53. The van der Waals surface area contributed by atoms with Crippen LogP contribution in [0.3, 0.4) is 0 Å². The quantitative estimate of drug-likeness (QED) is 0.661. The van der Waals surface area contributed by atoms with Crippen LogP contribution in [0.5, 0.6) is 0 Å². The van der Waals surface area contributed by atoms with Crippen molar-refractivity contribution in [2.45, 2.75) is 77.7 Å². The Kier molecular flexibility index (Phi) is 3.53. The summed E-state index contributed by atoms with van der Waals surface area (Å²) >= 11 is 0. The fraction of sp³-hybridized carbons (Fsp3) is 0.905. The highest BCUT2D eigenvalue weighted by Gasteiger charge is 2.59. The van der Waals surface area contributed by atoms with E-state index in [9.17, 15) is 5.11 Å². The molecule has 1 heteroatoms. The van der Waals surface area contributed by atoms with Crippen LogP contribution in [0.1, 0.15) is 71.6 Å². The van der Waals surface area contributed by atoms with Crippen molar-refractivity contribution in [3.05, 3.63) is 12.7 Å². The molecule has 1 N–H and O–H groups in total. The normalized spacial score (nSPS) is 57.6. The van der Waals surface area contributed by atoms with Gasteiger partial charge in [0.15, 0.2) is 0 Å². The van der Waals surface area contributed by atoms with E-state index in [0.29, 0.717) is 10.8 Å². The predicted octanol–water partition coefficient (Wildman–Crippen LogP) is 5.19. The zero-order chi connectivity index (χ0) is 15.5. The van der Waals surface area contributed by atoms with Crippen LogP contribution in [0.15, 0.2) is 12.7 Å². The maximum Gasteiger partial charge on any atom is 0.0543 e. The molecule has 124 valence electrons. The van der Waals surface area contributed by atoms with Crippen LogP contribution in [-0.2, 0) is 0 Å². The first-order valence-corrected chi connectivity index (χ1v) is 9.79. The first kappa shape index (κ1) is 15.2. The standard InChI is InChI=1S/C21H34O/c1-4-14-6-8-18-17-7-5-15-13-16(22)9-11-21(15,3)19(17)10-12-20(14,18)2/h4,14-19,22H,1,5-13H2,2-3H3/t14-,15-,16-,17?,18?,19?,20+,21-/m0/s1. The molecule has 0 heterocycles. The summed E-state index contributed by atoms with van der Waals surface area (Å²) in [7, 11) is 0. The Hall–Kier alpha value is -0.300. The molecule has 4 aliphatic carbocycles. The molecule has 0 aromatic heterocycles. The molecule has 22 heavy (non-hydrogen) atoms. The second kappa shape index (κ2) is 5.10. The highest BCUT2D eigenvalue weighted by molar-refractivity contribution is 5.11. The second-order valence-corrected chi connectivity index (χ2v) is 9.55. The minimum absolute atomic E-state index is 0.0138. The molecule has 0 aliphatic heterocycles. The second-order valence-electron chi connectivity index (χ2n) is 9.55. The fourth-order valence-electron chi connectivity index (χ4n) is 7.66. The van der Waals surface area contributed by atoms with Crippen LogP contribution < -0.4 is 0 Å². The summed E-state index contributed by atoms with van der Waals surface area (Å²) in [5.41, 5.74) is 1.07. The zero-order valence-corrected chi connectivity index (χ0v) is 14.6. The predicted molar refractivity (Wildman–Crippen MR) is 91.4 cm³/mol. The van der Waals surface area contributed by atoms with Gasteiger partial charge in [0.2, 0.25) is 0 Å². The van der Waals surface area contributed by atoms with Crippen molar-refractivity contribution in [2.75, 3.05) is 0 Å². The highest BCUT2D eigenvalue weighted by atomic mass is 16.3. The first-order chi connectivity index (χ1) is 10.5. The Balaban J connectivity index is 1.62. The molecule has 3 unspecified atom stereocenters. The van der Waals surface area contributed by atoms with Crippen molar-refractivity contribution >= 4 is 0 Å². The van der Waals surface area contributed by atoms with Gasteiger partial charge in [-0.05, 0) is 98.2 Å². The van der Waals surface area contributed by atoms with E-state index in [2.05, 4.69) is 26.5 Å². The number of hydrogen-bond donors (Lipinski definition) is 1. The molecule has 0 spiro atoms. The number of rotatable bonds is 1. The number of allylic oxidation sites excluding steroid dienone is 1. The summed E-state index contributed by atoms with van der Waals surface area (Å²) < 4.78 is 0. The molecule has 0 bridgehead atoms. The van der Waals surface area contributed by atoms with Gasteiger partial charge in [0.25, 0.3) is 0 Å². The Labute approximate surface area is 136 Å². The largest absolute Gasteiger partial charge is 0.393 e. The Morgan fingerprint density at radius 1 is 0.909 bits per heavy atom. The molecule has 4 rings (SSSR count). The van der Waals surface area contributed by atoms with Crippen molar-refractivity contribution in [3.8, 4) is 0 Å². The summed E-state index contributed by atoms with van der Waals surface area (Å²) in [5.74, 6) is 4.38. The van der Waals surface area contributed by atoms with Crippen LogP contribution in [0.2, 0.25) is 0 Å². The summed E-state index contributed by atoms with van der Waals surface area (Å²) in [6.45, 7) is 9.30. The van der Waals surface area contributed by atoms with Crippen molar-refractivity contribution in [1.82, 2.24) is 0 Å². The van der Waals surface area contributed by atoms with Crippen LogP contribution in [0.25, 0.3) is 0 Å². The Morgan fingerprint density at radius 3 is 2.41 bits per heavy atom. The van der Waals surface area contributed by atoms with Crippen LogP contribution in [-0.4, -0.2) is 11.2 Å². The van der Waals surface area contributed by atoms with Gasteiger partial charge in [-0.25, -0.2) is 0 Å². The molecule has 0 aromatic rings. The molecule has 0 aromatic carbocycles. The van der Waals surface area contributed by atoms with E-state index in [1.54, 1.807) is 0 Å². The molecule has 0 radical (unpaired) electrons. The van der Waals surface area contributed by atoms with Crippen molar-refractivity contribution < 1.29 is 5.11 Å². The van der Waals surface area contributed by atoms with E-state index in [1.807, 2.05) is 0 Å². The third kappa shape index (κ3) is 1.93. The highest BCUT2D eigenvalue weighted by Crippen LogP contribution is 2.67. The molecule has 4 fully saturated rings. The van der Waals surface area contributed by atoms with Crippen molar-refractivity contribution in [2.24, 2.45) is 40.4 Å². The van der Waals surface area contributed by atoms with Gasteiger partial charge in [-0.15, -0.1) is 6.58 Å². The third-order valence-corrected chi connectivity index (χ3v) is 9.00. The Morgan fingerprint density at radius 2 is 1.64 bits per heavy atom. The van der Waals surface area contributed by atoms with Gasteiger partial charge in [0.05, 0.1) is 6.10 Å². The molecular weight excluding hydrogens is 268 g/mol. The van der Waals surface area contributed by atoms with Crippen LogP contribution in [0.4, 0.5) is 0 Å². The van der Waals surface area contributed by atoms with Crippen molar-refractivity contribution in [1.29, 1.82) is 0 Å². The van der Waals surface area contributed by atoms with Gasteiger partial charge in [0, 0.05) is 0 Å². The number of hydrogen-bond acceptors (Lipinski definition) is 1. The first-order valence-electron chi connectivity index (χ1n) is 9.79. The lowest BCUT2D eigenvalue weighted by Gasteiger charge is -2.60. The van der Waals surface area contributed by atoms with E-state index in [4.69, 9.17) is 0 Å². The average molecular weight is 303 g/mol.